The van der Waals surface area contributed by atoms with Crippen LogP contribution in [-0.4, -0.2) is 25.0 Å². The fourth-order valence-corrected chi connectivity index (χ4v) is 2.61. The average Bonchev–Trinajstić information content (AvgIpc) is 2.72. The van der Waals surface area contributed by atoms with Crippen molar-refractivity contribution < 1.29 is 4.42 Å². The molecule has 3 nitrogen and oxygen atoms in total. The maximum absolute atomic E-state index is 5.82. The van der Waals surface area contributed by atoms with Crippen molar-refractivity contribution in [1.29, 1.82) is 0 Å². The second-order valence-electron chi connectivity index (χ2n) is 5.95. The molecule has 0 atom stereocenters. The smallest absolute Gasteiger partial charge is 0.118 e. The summed E-state index contributed by atoms with van der Waals surface area (Å²) in [4.78, 5) is 2.49. The minimum Gasteiger partial charge on any atom is -0.465 e. The Labute approximate surface area is 104 Å². The molecule has 17 heavy (non-hydrogen) atoms. The van der Waals surface area contributed by atoms with Gasteiger partial charge in [-0.3, -0.25) is 4.90 Å². The van der Waals surface area contributed by atoms with E-state index in [9.17, 15) is 0 Å². The Bertz CT molecular complexity index is 382. The van der Waals surface area contributed by atoms with Crippen LogP contribution in [0.15, 0.2) is 10.5 Å². The van der Waals surface area contributed by atoms with Crippen molar-refractivity contribution in [2.45, 2.75) is 40.3 Å². The quantitative estimate of drug-likeness (QED) is 0.871. The highest BCUT2D eigenvalue weighted by Crippen LogP contribution is 2.30. The maximum Gasteiger partial charge on any atom is 0.118 e. The van der Waals surface area contributed by atoms with Crippen molar-refractivity contribution in [3.05, 3.63) is 23.2 Å². The summed E-state index contributed by atoms with van der Waals surface area (Å²) in [6, 6.07) is 2.19. The van der Waals surface area contributed by atoms with Gasteiger partial charge in [0.2, 0.25) is 0 Å². The van der Waals surface area contributed by atoms with Crippen molar-refractivity contribution in [2.75, 3.05) is 20.1 Å². The van der Waals surface area contributed by atoms with Crippen LogP contribution >= 0.6 is 0 Å². The molecule has 1 fully saturated rings. The summed E-state index contributed by atoms with van der Waals surface area (Å²) in [5.41, 5.74) is 1.75. The normalized spacial score (nSPS) is 20.0. The third-order valence-corrected chi connectivity index (χ3v) is 3.57. The van der Waals surface area contributed by atoms with E-state index in [0.29, 0.717) is 5.41 Å². The molecule has 1 aliphatic rings. The number of nitrogens with one attached hydrogen (secondary N) is 1. The van der Waals surface area contributed by atoms with Crippen molar-refractivity contribution in [3.8, 4) is 0 Å². The Kier molecular flexibility index (Phi) is 3.59. The van der Waals surface area contributed by atoms with Crippen LogP contribution in [-0.2, 0) is 13.1 Å². The second-order valence-corrected chi connectivity index (χ2v) is 5.95. The molecule has 96 valence electrons. The third kappa shape index (κ3) is 3.11. The van der Waals surface area contributed by atoms with E-state index >= 15 is 0 Å². The van der Waals surface area contributed by atoms with Crippen molar-refractivity contribution in [3.63, 3.8) is 0 Å². The van der Waals surface area contributed by atoms with E-state index in [-0.39, 0.29) is 0 Å². The number of nitrogens with zero attached hydrogens (tertiary/aromatic N) is 1. The van der Waals surface area contributed by atoms with Crippen molar-refractivity contribution in [2.24, 2.45) is 5.41 Å². The zero-order valence-electron chi connectivity index (χ0n) is 11.5. The van der Waals surface area contributed by atoms with Gasteiger partial charge >= 0.3 is 0 Å². The first-order valence-electron chi connectivity index (χ1n) is 6.45. The van der Waals surface area contributed by atoms with Crippen LogP contribution in [0.2, 0.25) is 0 Å². The molecule has 1 aliphatic heterocycles. The fourth-order valence-electron chi connectivity index (χ4n) is 2.61. The summed E-state index contributed by atoms with van der Waals surface area (Å²) in [5, 5.41) is 3.17. The average molecular weight is 236 g/mol. The SMILES string of the molecule is CNCc1cc(CN2CCC(C)(C)C2)oc1C. The molecule has 1 aromatic rings. The van der Waals surface area contributed by atoms with Crippen LogP contribution in [0.3, 0.4) is 0 Å². The van der Waals surface area contributed by atoms with Crippen LogP contribution in [0.5, 0.6) is 0 Å². The van der Waals surface area contributed by atoms with Crippen LogP contribution < -0.4 is 5.32 Å². The van der Waals surface area contributed by atoms with Gasteiger partial charge < -0.3 is 9.73 Å². The van der Waals surface area contributed by atoms with Gasteiger partial charge in [-0.05, 0) is 38.4 Å². The molecule has 2 rings (SSSR count). The van der Waals surface area contributed by atoms with E-state index in [1.807, 2.05) is 14.0 Å². The molecular formula is C14H24N2O. The van der Waals surface area contributed by atoms with E-state index in [4.69, 9.17) is 4.42 Å². The zero-order valence-corrected chi connectivity index (χ0v) is 11.5. The number of hydrogen-bond acceptors (Lipinski definition) is 3. The topological polar surface area (TPSA) is 28.4 Å². The predicted molar refractivity (Wildman–Crippen MR) is 69.9 cm³/mol. The summed E-state index contributed by atoms with van der Waals surface area (Å²) < 4.78 is 5.82. The predicted octanol–water partition coefficient (Wildman–Crippen LogP) is 2.54. The molecule has 2 heterocycles. The first-order valence-corrected chi connectivity index (χ1v) is 6.45. The lowest BCUT2D eigenvalue weighted by Crippen LogP contribution is -2.22. The monoisotopic (exact) mass is 236 g/mol. The van der Waals surface area contributed by atoms with Crippen LogP contribution in [0.1, 0.15) is 37.4 Å². The molecule has 1 N–H and O–H groups in total. The number of hydrogen-bond donors (Lipinski definition) is 1. The summed E-state index contributed by atoms with van der Waals surface area (Å²) in [6.07, 6.45) is 1.29. The molecule has 0 unspecified atom stereocenters. The zero-order chi connectivity index (χ0) is 12.5. The summed E-state index contributed by atoms with van der Waals surface area (Å²) in [7, 11) is 1.97. The van der Waals surface area contributed by atoms with Gasteiger partial charge in [-0.25, -0.2) is 0 Å². The number of likely N-dealkylation sites (tertiary alicyclic amines) is 1. The minimum atomic E-state index is 0.468. The van der Waals surface area contributed by atoms with Gasteiger partial charge in [0.25, 0.3) is 0 Å². The standard InChI is InChI=1S/C14H24N2O/c1-11-12(8-15-4)7-13(17-11)9-16-6-5-14(2,3)10-16/h7,15H,5-6,8-10H2,1-4H3. The van der Waals surface area contributed by atoms with Gasteiger partial charge in [-0.1, -0.05) is 13.8 Å². The molecule has 0 aliphatic carbocycles. The largest absolute Gasteiger partial charge is 0.465 e. The number of rotatable bonds is 4. The molecule has 0 aromatic carbocycles. The van der Waals surface area contributed by atoms with E-state index in [2.05, 4.69) is 30.1 Å². The Morgan fingerprint density at radius 1 is 1.47 bits per heavy atom. The van der Waals surface area contributed by atoms with Gasteiger partial charge in [0.15, 0.2) is 0 Å². The lowest BCUT2D eigenvalue weighted by atomic mass is 9.93. The lowest BCUT2D eigenvalue weighted by molar-refractivity contribution is 0.261. The highest BCUT2D eigenvalue weighted by molar-refractivity contribution is 5.20. The molecule has 1 saturated heterocycles. The molecule has 0 radical (unpaired) electrons. The van der Waals surface area contributed by atoms with E-state index in [1.165, 1.54) is 25.1 Å². The molecular weight excluding hydrogens is 212 g/mol. The molecule has 0 saturated carbocycles. The Hall–Kier alpha value is -0.800. The Morgan fingerprint density at radius 2 is 2.24 bits per heavy atom. The van der Waals surface area contributed by atoms with Gasteiger partial charge in [0.1, 0.15) is 11.5 Å². The highest BCUT2D eigenvalue weighted by Gasteiger charge is 2.29. The molecule has 3 heteroatoms. The summed E-state index contributed by atoms with van der Waals surface area (Å²) in [6.45, 7) is 10.9. The van der Waals surface area contributed by atoms with E-state index in [1.54, 1.807) is 0 Å². The van der Waals surface area contributed by atoms with Gasteiger partial charge in [-0.2, -0.15) is 0 Å². The molecule has 0 amide bonds. The Balaban J connectivity index is 1.97. The minimum absolute atomic E-state index is 0.468. The lowest BCUT2D eigenvalue weighted by Gasteiger charge is -2.18. The molecule has 0 spiro atoms. The molecule has 0 bridgehead atoms. The van der Waals surface area contributed by atoms with Gasteiger partial charge in [0.05, 0.1) is 6.54 Å². The fraction of sp³-hybridized carbons (Fsp3) is 0.714. The van der Waals surface area contributed by atoms with Crippen molar-refractivity contribution in [1.82, 2.24) is 10.2 Å². The summed E-state index contributed by atoms with van der Waals surface area (Å²) >= 11 is 0. The first kappa shape index (κ1) is 12.7. The summed E-state index contributed by atoms with van der Waals surface area (Å²) in [5.74, 6) is 2.15. The maximum atomic E-state index is 5.82. The first-order chi connectivity index (χ1) is 8.00. The van der Waals surface area contributed by atoms with Crippen LogP contribution in [0, 0.1) is 12.3 Å². The Morgan fingerprint density at radius 3 is 2.82 bits per heavy atom. The van der Waals surface area contributed by atoms with Gasteiger partial charge in [0, 0.05) is 18.7 Å². The number of furan rings is 1. The highest BCUT2D eigenvalue weighted by atomic mass is 16.3. The van der Waals surface area contributed by atoms with Crippen molar-refractivity contribution >= 4 is 0 Å². The van der Waals surface area contributed by atoms with E-state index < -0.39 is 0 Å². The number of aryl methyl sites for hydroxylation is 1. The molecule has 1 aromatic heterocycles. The van der Waals surface area contributed by atoms with Crippen LogP contribution in [0.4, 0.5) is 0 Å². The van der Waals surface area contributed by atoms with E-state index in [0.717, 1.165) is 24.6 Å². The third-order valence-electron chi connectivity index (χ3n) is 3.57. The van der Waals surface area contributed by atoms with Crippen LogP contribution in [0.25, 0.3) is 0 Å². The second kappa shape index (κ2) is 4.83. The van der Waals surface area contributed by atoms with Gasteiger partial charge in [-0.15, -0.1) is 0 Å².